The van der Waals surface area contributed by atoms with Crippen LogP contribution in [0.1, 0.15) is 20.8 Å². The molecule has 16 heavy (non-hydrogen) atoms. The van der Waals surface area contributed by atoms with Crippen molar-refractivity contribution in [1.82, 2.24) is 0 Å². The van der Waals surface area contributed by atoms with Crippen LogP contribution in [0.4, 0.5) is 0 Å². The molecule has 0 saturated heterocycles. The van der Waals surface area contributed by atoms with E-state index in [4.69, 9.17) is 11.6 Å². The predicted octanol–water partition coefficient (Wildman–Crippen LogP) is 4.14. The molecular weight excluding hydrogens is 240 g/mol. The third-order valence-corrected chi connectivity index (χ3v) is 3.44. The quantitative estimate of drug-likeness (QED) is 0.749. The molecule has 1 nitrogen and oxygen atoms in total. The van der Waals surface area contributed by atoms with Crippen molar-refractivity contribution in [2.45, 2.75) is 13.3 Å². The van der Waals surface area contributed by atoms with Gasteiger partial charge in [-0.3, -0.25) is 4.79 Å². The summed E-state index contributed by atoms with van der Waals surface area (Å²) in [6.07, 6.45) is 0.438. The predicted molar refractivity (Wildman–Crippen MR) is 68.5 cm³/mol. The maximum atomic E-state index is 11.9. The average molecular weight is 251 g/mol. The first-order valence-electron chi connectivity index (χ1n) is 4.98. The fraction of sp³-hybridized carbons (Fsp3) is 0.154. The van der Waals surface area contributed by atoms with Crippen LogP contribution in [0.25, 0.3) is 0 Å². The number of carbonyl (C=O) groups excluding carboxylic acids is 1. The first-order chi connectivity index (χ1) is 7.65. The van der Waals surface area contributed by atoms with Gasteiger partial charge in [0.2, 0.25) is 0 Å². The average Bonchev–Trinajstić information content (AvgIpc) is 2.68. The Hall–Kier alpha value is -1.12. The van der Waals surface area contributed by atoms with Crippen LogP contribution in [0.2, 0.25) is 5.02 Å². The summed E-state index contributed by atoms with van der Waals surface area (Å²) in [5, 5.41) is 2.61. The zero-order valence-corrected chi connectivity index (χ0v) is 10.4. The molecule has 1 aromatic heterocycles. The molecule has 0 atom stereocenters. The van der Waals surface area contributed by atoms with E-state index in [9.17, 15) is 4.79 Å². The maximum absolute atomic E-state index is 11.9. The summed E-state index contributed by atoms with van der Waals surface area (Å²) in [4.78, 5) is 13.1. The van der Waals surface area contributed by atoms with Crippen molar-refractivity contribution in [3.05, 3.63) is 56.7 Å². The molecule has 0 aliphatic heterocycles. The minimum atomic E-state index is 0.159. The van der Waals surface area contributed by atoms with E-state index in [-0.39, 0.29) is 5.78 Å². The monoisotopic (exact) mass is 250 g/mol. The van der Waals surface area contributed by atoms with Crippen molar-refractivity contribution < 1.29 is 4.79 Å². The van der Waals surface area contributed by atoms with Gasteiger partial charge >= 0.3 is 0 Å². The van der Waals surface area contributed by atoms with E-state index in [1.54, 1.807) is 11.3 Å². The number of hydrogen-bond donors (Lipinski definition) is 0. The van der Waals surface area contributed by atoms with Gasteiger partial charge in [-0.2, -0.15) is 0 Å². The van der Waals surface area contributed by atoms with Crippen molar-refractivity contribution in [2.75, 3.05) is 0 Å². The Labute approximate surface area is 104 Å². The molecule has 2 rings (SSSR count). The van der Waals surface area contributed by atoms with Crippen LogP contribution < -0.4 is 0 Å². The van der Waals surface area contributed by atoms with Crippen LogP contribution in [0.15, 0.2) is 35.7 Å². The number of rotatable bonds is 3. The second-order valence-electron chi connectivity index (χ2n) is 3.67. The van der Waals surface area contributed by atoms with Gasteiger partial charge in [-0.25, -0.2) is 0 Å². The number of ketones is 1. The van der Waals surface area contributed by atoms with Gasteiger partial charge in [0.1, 0.15) is 0 Å². The third-order valence-electron chi connectivity index (χ3n) is 2.33. The molecule has 1 aromatic carbocycles. The van der Waals surface area contributed by atoms with Gasteiger partial charge in [-0.15, -0.1) is 11.3 Å². The molecule has 0 radical (unpaired) electrons. The number of hydrogen-bond acceptors (Lipinski definition) is 2. The molecule has 0 aliphatic carbocycles. The molecule has 0 spiro atoms. The van der Waals surface area contributed by atoms with Gasteiger partial charge in [0.25, 0.3) is 0 Å². The fourth-order valence-electron chi connectivity index (χ4n) is 1.48. The van der Waals surface area contributed by atoms with Gasteiger partial charge < -0.3 is 0 Å². The largest absolute Gasteiger partial charge is 0.294 e. The van der Waals surface area contributed by atoms with Gasteiger partial charge in [-0.05, 0) is 30.7 Å². The molecule has 0 unspecified atom stereocenters. The van der Waals surface area contributed by atoms with Gasteiger partial charge in [0, 0.05) is 27.3 Å². The van der Waals surface area contributed by atoms with Crippen molar-refractivity contribution in [2.24, 2.45) is 0 Å². The highest BCUT2D eigenvalue weighted by Crippen LogP contribution is 2.16. The normalized spacial score (nSPS) is 10.4. The lowest BCUT2D eigenvalue weighted by Crippen LogP contribution is -2.01. The van der Waals surface area contributed by atoms with Gasteiger partial charge in [0.15, 0.2) is 5.78 Å². The Morgan fingerprint density at radius 3 is 2.56 bits per heavy atom. The minimum Gasteiger partial charge on any atom is -0.294 e. The zero-order chi connectivity index (χ0) is 11.5. The summed E-state index contributed by atoms with van der Waals surface area (Å²) in [6.45, 7) is 2.00. The standard InChI is InChI=1S/C13H11ClOS/c1-9-6-11(8-16-9)13(15)7-10-2-4-12(14)5-3-10/h2-6,8H,7H2,1H3. The van der Waals surface area contributed by atoms with E-state index >= 15 is 0 Å². The molecule has 0 saturated carbocycles. The molecule has 0 N–H and O–H groups in total. The molecule has 0 aliphatic rings. The second-order valence-corrected chi connectivity index (χ2v) is 5.22. The number of thiophene rings is 1. The highest BCUT2D eigenvalue weighted by Gasteiger charge is 2.08. The molecule has 82 valence electrons. The second kappa shape index (κ2) is 4.81. The highest BCUT2D eigenvalue weighted by atomic mass is 35.5. The lowest BCUT2D eigenvalue weighted by Gasteiger charge is -1.99. The van der Waals surface area contributed by atoms with Crippen molar-refractivity contribution in [3.63, 3.8) is 0 Å². The minimum absolute atomic E-state index is 0.159. The molecular formula is C13H11ClOS. The number of carbonyl (C=O) groups is 1. The van der Waals surface area contributed by atoms with Crippen LogP contribution in [0, 0.1) is 6.92 Å². The highest BCUT2D eigenvalue weighted by molar-refractivity contribution is 7.10. The third kappa shape index (κ3) is 2.71. The summed E-state index contributed by atoms with van der Waals surface area (Å²) in [6, 6.07) is 9.33. The molecule has 0 amide bonds. The zero-order valence-electron chi connectivity index (χ0n) is 8.87. The SMILES string of the molecule is Cc1cc(C(=O)Cc2ccc(Cl)cc2)cs1. The van der Waals surface area contributed by atoms with Crippen LogP contribution in [0.3, 0.4) is 0 Å². The van der Waals surface area contributed by atoms with E-state index in [1.165, 1.54) is 4.88 Å². The Morgan fingerprint density at radius 1 is 1.31 bits per heavy atom. The summed E-state index contributed by atoms with van der Waals surface area (Å²) < 4.78 is 0. The van der Waals surface area contributed by atoms with E-state index in [2.05, 4.69) is 0 Å². The smallest absolute Gasteiger partial charge is 0.168 e. The summed E-state index contributed by atoms with van der Waals surface area (Å²) >= 11 is 7.39. The number of Topliss-reactive ketones (excluding diaryl/α,β-unsaturated/α-hetero) is 1. The summed E-state index contributed by atoms with van der Waals surface area (Å²) in [5.74, 6) is 0.159. The van der Waals surface area contributed by atoms with Crippen LogP contribution >= 0.6 is 22.9 Å². The van der Waals surface area contributed by atoms with Crippen LogP contribution in [-0.2, 0) is 6.42 Å². The summed E-state index contributed by atoms with van der Waals surface area (Å²) in [7, 11) is 0. The molecule has 3 heteroatoms. The molecule has 0 bridgehead atoms. The molecule has 0 fully saturated rings. The Balaban J connectivity index is 2.10. The topological polar surface area (TPSA) is 17.1 Å². The van der Waals surface area contributed by atoms with Gasteiger partial charge in [-0.1, -0.05) is 23.7 Å². The Bertz CT molecular complexity index is 499. The van der Waals surface area contributed by atoms with Gasteiger partial charge in [0.05, 0.1) is 0 Å². The lowest BCUT2D eigenvalue weighted by molar-refractivity contribution is 0.0993. The molecule has 1 heterocycles. The first kappa shape index (κ1) is 11.4. The maximum Gasteiger partial charge on any atom is 0.168 e. The van der Waals surface area contributed by atoms with Crippen molar-refractivity contribution in [1.29, 1.82) is 0 Å². The summed E-state index contributed by atoms with van der Waals surface area (Å²) in [5.41, 5.74) is 1.80. The van der Waals surface area contributed by atoms with E-state index in [0.717, 1.165) is 11.1 Å². The lowest BCUT2D eigenvalue weighted by atomic mass is 10.1. The van der Waals surface area contributed by atoms with E-state index < -0.39 is 0 Å². The fourth-order valence-corrected chi connectivity index (χ4v) is 2.31. The Kier molecular flexibility index (Phi) is 3.42. The van der Waals surface area contributed by atoms with E-state index in [0.29, 0.717) is 11.4 Å². The number of aryl methyl sites for hydroxylation is 1. The van der Waals surface area contributed by atoms with Crippen molar-refractivity contribution in [3.8, 4) is 0 Å². The Morgan fingerprint density at radius 2 is 2.00 bits per heavy atom. The number of halogens is 1. The number of benzene rings is 1. The molecule has 2 aromatic rings. The van der Waals surface area contributed by atoms with Crippen LogP contribution in [0.5, 0.6) is 0 Å². The van der Waals surface area contributed by atoms with E-state index in [1.807, 2.05) is 42.6 Å². The first-order valence-corrected chi connectivity index (χ1v) is 6.24. The van der Waals surface area contributed by atoms with Crippen molar-refractivity contribution >= 4 is 28.7 Å². The van der Waals surface area contributed by atoms with Crippen LogP contribution in [-0.4, -0.2) is 5.78 Å².